The lowest BCUT2D eigenvalue weighted by Crippen LogP contribution is -2.16. The fraction of sp³-hybridized carbons (Fsp3) is 0.0833. The van der Waals surface area contributed by atoms with E-state index in [1.165, 1.54) is 0 Å². The molecule has 0 atom stereocenters. The zero-order valence-electron chi connectivity index (χ0n) is 15.9. The van der Waals surface area contributed by atoms with Gasteiger partial charge in [0, 0.05) is 22.7 Å². The average molecular weight is 399 g/mol. The maximum atomic E-state index is 12.6. The molecule has 2 heterocycles. The van der Waals surface area contributed by atoms with E-state index in [9.17, 15) is 9.59 Å². The predicted molar refractivity (Wildman–Crippen MR) is 113 cm³/mol. The molecule has 148 valence electrons. The van der Waals surface area contributed by atoms with Gasteiger partial charge >= 0.3 is 5.63 Å². The first-order valence-electron chi connectivity index (χ1n) is 9.52. The Kier molecular flexibility index (Phi) is 4.44. The third-order valence-corrected chi connectivity index (χ3v) is 4.90. The molecule has 0 bridgehead atoms. The standard InChI is InChI=1S/C24H17NO5/c26-23(25-18-9-10-21-22(14-18)29-12-11-28-21)16-7-5-15(6-8-16)19-13-17-3-1-2-4-20(17)30-24(19)27/h1-10,13-14H,11-12H2,(H,25,26). The molecule has 0 spiro atoms. The van der Waals surface area contributed by atoms with Crippen LogP contribution in [0.25, 0.3) is 22.1 Å². The highest BCUT2D eigenvalue weighted by atomic mass is 16.6. The second kappa shape index (κ2) is 7.40. The van der Waals surface area contributed by atoms with Crippen molar-refractivity contribution in [2.75, 3.05) is 18.5 Å². The summed E-state index contributed by atoms with van der Waals surface area (Å²) >= 11 is 0. The van der Waals surface area contributed by atoms with Crippen molar-refractivity contribution in [3.63, 3.8) is 0 Å². The second-order valence-electron chi connectivity index (χ2n) is 6.88. The Morgan fingerprint density at radius 2 is 1.60 bits per heavy atom. The van der Waals surface area contributed by atoms with E-state index in [0.29, 0.717) is 52.7 Å². The smallest absolute Gasteiger partial charge is 0.344 e. The minimum atomic E-state index is -0.415. The zero-order chi connectivity index (χ0) is 20.5. The second-order valence-corrected chi connectivity index (χ2v) is 6.88. The van der Waals surface area contributed by atoms with Crippen LogP contribution in [0, 0.1) is 0 Å². The van der Waals surface area contributed by atoms with Crippen LogP contribution in [0.3, 0.4) is 0 Å². The van der Waals surface area contributed by atoms with Crippen LogP contribution in [0.5, 0.6) is 11.5 Å². The van der Waals surface area contributed by atoms with E-state index in [4.69, 9.17) is 13.9 Å². The molecule has 4 aromatic rings. The molecule has 0 radical (unpaired) electrons. The van der Waals surface area contributed by atoms with Gasteiger partial charge < -0.3 is 19.2 Å². The van der Waals surface area contributed by atoms with Gasteiger partial charge in [0.15, 0.2) is 11.5 Å². The predicted octanol–water partition coefficient (Wildman–Crippen LogP) is 4.48. The van der Waals surface area contributed by atoms with Gasteiger partial charge in [-0.25, -0.2) is 4.79 Å². The molecule has 1 amide bonds. The molecule has 1 aromatic heterocycles. The Bertz CT molecular complexity index is 1310. The Labute approximate surface area is 171 Å². The molecule has 30 heavy (non-hydrogen) atoms. The van der Waals surface area contributed by atoms with Crippen LogP contribution in [0.2, 0.25) is 0 Å². The largest absolute Gasteiger partial charge is 0.486 e. The van der Waals surface area contributed by atoms with E-state index in [1.807, 2.05) is 18.2 Å². The van der Waals surface area contributed by atoms with Crippen molar-refractivity contribution in [1.29, 1.82) is 0 Å². The van der Waals surface area contributed by atoms with E-state index in [2.05, 4.69) is 5.32 Å². The molecule has 1 N–H and O–H groups in total. The maximum absolute atomic E-state index is 12.6. The van der Waals surface area contributed by atoms with E-state index in [1.54, 1.807) is 54.6 Å². The van der Waals surface area contributed by atoms with Crippen LogP contribution in [-0.2, 0) is 0 Å². The van der Waals surface area contributed by atoms with Gasteiger partial charge in [0.25, 0.3) is 5.91 Å². The fourth-order valence-electron chi connectivity index (χ4n) is 3.39. The quantitative estimate of drug-likeness (QED) is 0.514. The van der Waals surface area contributed by atoms with Crippen molar-refractivity contribution in [1.82, 2.24) is 0 Å². The minimum Gasteiger partial charge on any atom is -0.486 e. The summed E-state index contributed by atoms with van der Waals surface area (Å²) in [6, 6.07) is 21.2. The summed E-state index contributed by atoms with van der Waals surface area (Å²) in [5, 5.41) is 3.69. The van der Waals surface area contributed by atoms with E-state index < -0.39 is 5.63 Å². The Morgan fingerprint density at radius 3 is 2.43 bits per heavy atom. The van der Waals surface area contributed by atoms with Crippen molar-refractivity contribution in [2.24, 2.45) is 0 Å². The molecule has 0 saturated carbocycles. The number of carbonyl (C=O) groups excluding carboxylic acids is 1. The van der Waals surface area contributed by atoms with Crippen LogP contribution in [0.15, 0.2) is 82.0 Å². The molecule has 0 saturated heterocycles. The summed E-state index contributed by atoms with van der Waals surface area (Å²) in [5.41, 5.74) is 2.35. The van der Waals surface area contributed by atoms with Crippen LogP contribution in [-0.4, -0.2) is 19.1 Å². The fourth-order valence-corrected chi connectivity index (χ4v) is 3.39. The highest BCUT2D eigenvalue weighted by Crippen LogP contribution is 2.32. The average Bonchev–Trinajstić information content (AvgIpc) is 2.78. The van der Waals surface area contributed by atoms with Gasteiger partial charge in [0.05, 0.1) is 5.56 Å². The lowest BCUT2D eigenvalue weighted by molar-refractivity contribution is 0.102. The third kappa shape index (κ3) is 3.39. The summed E-state index contributed by atoms with van der Waals surface area (Å²) in [7, 11) is 0. The number of hydrogen-bond donors (Lipinski definition) is 1. The maximum Gasteiger partial charge on any atom is 0.344 e. The van der Waals surface area contributed by atoms with Gasteiger partial charge in [-0.3, -0.25) is 4.79 Å². The van der Waals surface area contributed by atoms with E-state index >= 15 is 0 Å². The first-order valence-corrected chi connectivity index (χ1v) is 9.52. The highest BCUT2D eigenvalue weighted by molar-refractivity contribution is 6.04. The number of ether oxygens (including phenoxy) is 2. The first-order chi connectivity index (χ1) is 14.7. The van der Waals surface area contributed by atoms with Crippen molar-refractivity contribution in [3.05, 3.63) is 88.8 Å². The molecule has 6 nitrogen and oxygen atoms in total. The van der Waals surface area contributed by atoms with Gasteiger partial charge in [-0.05, 0) is 42.0 Å². The van der Waals surface area contributed by atoms with E-state index in [0.717, 1.165) is 5.39 Å². The summed E-state index contributed by atoms with van der Waals surface area (Å²) < 4.78 is 16.4. The van der Waals surface area contributed by atoms with Gasteiger partial charge in [-0.15, -0.1) is 0 Å². The molecular weight excluding hydrogens is 382 g/mol. The van der Waals surface area contributed by atoms with Gasteiger partial charge in [-0.2, -0.15) is 0 Å². The lowest BCUT2D eigenvalue weighted by Gasteiger charge is -2.19. The molecule has 1 aliphatic rings. The number of carbonyl (C=O) groups is 1. The van der Waals surface area contributed by atoms with Crippen molar-refractivity contribution >= 4 is 22.6 Å². The van der Waals surface area contributed by atoms with E-state index in [-0.39, 0.29) is 5.91 Å². The van der Waals surface area contributed by atoms with Crippen LogP contribution in [0.4, 0.5) is 5.69 Å². The molecule has 5 rings (SSSR count). The third-order valence-electron chi connectivity index (χ3n) is 4.90. The molecule has 1 aliphatic heterocycles. The first kappa shape index (κ1) is 18.0. The highest BCUT2D eigenvalue weighted by Gasteiger charge is 2.14. The van der Waals surface area contributed by atoms with Crippen LogP contribution >= 0.6 is 0 Å². The number of para-hydroxylation sites is 1. The van der Waals surface area contributed by atoms with Crippen LogP contribution < -0.4 is 20.4 Å². The van der Waals surface area contributed by atoms with Crippen LogP contribution in [0.1, 0.15) is 10.4 Å². The molecule has 6 heteroatoms. The Morgan fingerprint density at radius 1 is 0.833 bits per heavy atom. The normalized spacial score (nSPS) is 12.5. The monoisotopic (exact) mass is 399 g/mol. The molecular formula is C24H17NO5. The van der Waals surface area contributed by atoms with Crippen molar-refractivity contribution in [2.45, 2.75) is 0 Å². The number of benzene rings is 3. The Hall–Kier alpha value is -4.06. The summed E-state index contributed by atoms with van der Waals surface area (Å²) in [5.74, 6) is 1.01. The van der Waals surface area contributed by atoms with Gasteiger partial charge in [-0.1, -0.05) is 30.3 Å². The molecule has 0 unspecified atom stereocenters. The van der Waals surface area contributed by atoms with Gasteiger partial charge in [0.1, 0.15) is 18.8 Å². The number of anilines is 1. The number of hydrogen-bond acceptors (Lipinski definition) is 5. The van der Waals surface area contributed by atoms with Crippen molar-refractivity contribution < 1.29 is 18.7 Å². The summed E-state index contributed by atoms with van der Waals surface area (Å²) in [6.07, 6.45) is 0. The SMILES string of the molecule is O=C(Nc1ccc2c(c1)OCCO2)c1ccc(-c2cc3ccccc3oc2=O)cc1. The molecule has 3 aromatic carbocycles. The summed E-state index contributed by atoms with van der Waals surface area (Å²) in [4.78, 5) is 25.0. The summed E-state index contributed by atoms with van der Waals surface area (Å²) in [6.45, 7) is 0.995. The van der Waals surface area contributed by atoms with Gasteiger partial charge in [0.2, 0.25) is 0 Å². The lowest BCUT2D eigenvalue weighted by atomic mass is 10.0. The zero-order valence-corrected chi connectivity index (χ0v) is 15.9. The minimum absolute atomic E-state index is 0.260. The molecule has 0 aliphatic carbocycles. The topological polar surface area (TPSA) is 77.8 Å². The number of nitrogens with one attached hydrogen (secondary N) is 1. The Balaban J connectivity index is 1.38. The number of amides is 1. The van der Waals surface area contributed by atoms with Crippen molar-refractivity contribution in [3.8, 4) is 22.6 Å². The molecule has 0 fully saturated rings. The number of fused-ring (bicyclic) bond motifs is 2. The number of rotatable bonds is 3.